The number of aromatic nitrogens is 2. The fourth-order valence-electron chi connectivity index (χ4n) is 5.34. The topological polar surface area (TPSA) is 69.3 Å². The van der Waals surface area contributed by atoms with E-state index in [9.17, 15) is 8.42 Å². The number of halogens is 1. The molecule has 0 bridgehead atoms. The van der Waals surface area contributed by atoms with Crippen LogP contribution in [0.1, 0.15) is 60.5 Å². The summed E-state index contributed by atoms with van der Waals surface area (Å²) in [5.74, 6) is 0.126. The maximum atomic E-state index is 15.2. The van der Waals surface area contributed by atoms with Crippen LogP contribution in [0.5, 0.6) is 0 Å². The number of piperidine rings is 1. The maximum Gasteiger partial charge on any atom is 0.221 e. The molecule has 1 aromatic heterocycles. The zero-order chi connectivity index (χ0) is 23.7. The van der Waals surface area contributed by atoms with E-state index in [4.69, 9.17) is 0 Å². The second-order valence-electron chi connectivity index (χ2n) is 9.48. The van der Waals surface area contributed by atoms with Crippen LogP contribution in [0.2, 0.25) is 0 Å². The third-order valence-corrected chi connectivity index (χ3v) is 9.78. The van der Waals surface area contributed by atoms with Gasteiger partial charge in [-0.25, -0.2) is 12.8 Å². The van der Waals surface area contributed by atoms with Gasteiger partial charge in [0.1, 0.15) is 11.1 Å². The summed E-state index contributed by atoms with van der Waals surface area (Å²) in [4.78, 5) is 2.20. The molecule has 6 nitrogen and oxygen atoms in total. The quantitative estimate of drug-likeness (QED) is 0.556. The van der Waals surface area contributed by atoms with E-state index in [-0.39, 0.29) is 18.4 Å². The minimum Gasteiger partial charge on any atom is -0.371 e. The van der Waals surface area contributed by atoms with Crippen molar-refractivity contribution in [3.8, 4) is 0 Å². The van der Waals surface area contributed by atoms with Crippen molar-refractivity contribution in [2.45, 2.75) is 56.4 Å². The zero-order valence-corrected chi connectivity index (χ0v) is 20.2. The first-order valence-corrected chi connectivity index (χ1v) is 13.5. The van der Waals surface area contributed by atoms with E-state index in [1.165, 1.54) is 9.87 Å². The van der Waals surface area contributed by atoms with Crippen LogP contribution in [0.3, 0.4) is 0 Å². The van der Waals surface area contributed by atoms with Crippen LogP contribution in [0.4, 0.5) is 10.1 Å². The first kappa shape index (κ1) is 23.1. The van der Waals surface area contributed by atoms with Crippen molar-refractivity contribution in [1.82, 2.24) is 14.5 Å². The molecule has 5 rings (SSSR count). The molecule has 2 saturated heterocycles. The molecule has 2 aliphatic heterocycles. The van der Waals surface area contributed by atoms with Gasteiger partial charge in [0.25, 0.3) is 0 Å². The maximum absolute atomic E-state index is 15.2. The Morgan fingerprint density at radius 2 is 1.79 bits per heavy atom. The number of hydrogen-bond acceptors (Lipinski definition) is 4. The standard InChI is InChI=1S/C26H31FN4O2S/c1-19-7-10-26(21-5-3-2-4-6-21)34(32,33)31(19)18-22-8-9-24(15-25(22)27)30-13-11-20(12-14-30)23-16-28-29-17-23/h2-6,8-9,15-17,19-20,26H,7,10-14,18H2,1H3,(H,28,29)/t19-,26?/m0/s1. The van der Waals surface area contributed by atoms with Gasteiger partial charge < -0.3 is 4.90 Å². The smallest absolute Gasteiger partial charge is 0.221 e. The minimum atomic E-state index is -3.59. The highest BCUT2D eigenvalue weighted by atomic mass is 32.2. The average Bonchev–Trinajstić information content (AvgIpc) is 3.38. The number of rotatable bonds is 5. The molecule has 0 spiro atoms. The molecule has 34 heavy (non-hydrogen) atoms. The van der Waals surface area contributed by atoms with E-state index in [0.29, 0.717) is 17.9 Å². The van der Waals surface area contributed by atoms with Crippen molar-refractivity contribution in [1.29, 1.82) is 0 Å². The van der Waals surface area contributed by atoms with E-state index in [0.717, 1.165) is 43.6 Å². The van der Waals surface area contributed by atoms with Crippen LogP contribution in [-0.2, 0) is 16.6 Å². The second-order valence-corrected chi connectivity index (χ2v) is 11.6. The molecule has 0 radical (unpaired) electrons. The van der Waals surface area contributed by atoms with Crippen LogP contribution in [0.15, 0.2) is 60.9 Å². The van der Waals surface area contributed by atoms with E-state index < -0.39 is 15.3 Å². The SMILES string of the molecule is C[C@H]1CCC(c2ccccc2)S(=O)(=O)N1Cc1ccc(N2CCC(c3cn[nH]c3)CC2)cc1F. The van der Waals surface area contributed by atoms with E-state index in [1.807, 2.05) is 55.7 Å². The molecule has 0 aliphatic carbocycles. The molecular weight excluding hydrogens is 451 g/mol. The lowest BCUT2D eigenvalue weighted by atomic mass is 9.91. The molecule has 8 heteroatoms. The zero-order valence-electron chi connectivity index (χ0n) is 19.4. The Bertz CT molecular complexity index is 1210. The highest BCUT2D eigenvalue weighted by molar-refractivity contribution is 7.89. The normalized spacial score (nSPS) is 23.8. The molecule has 3 heterocycles. The number of aromatic amines is 1. The van der Waals surface area contributed by atoms with Gasteiger partial charge in [-0.05, 0) is 61.8 Å². The number of nitrogens with one attached hydrogen (secondary N) is 1. The fourth-order valence-corrected chi connectivity index (χ4v) is 7.52. The van der Waals surface area contributed by atoms with Gasteiger partial charge in [-0.3, -0.25) is 5.10 Å². The van der Waals surface area contributed by atoms with Gasteiger partial charge in [0, 0.05) is 43.1 Å². The highest BCUT2D eigenvalue weighted by Crippen LogP contribution is 2.38. The second kappa shape index (κ2) is 9.50. The summed E-state index contributed by atoms with van der Waals surface area (Å²) in [5.41, 5.74) is 3.30. The van der Waals surface area contributed by atoms with Crippen molar-refractivity contribution in [3.05, 3.63) is 83.4 Å². The summed E-state index contributed by atoms with van der Waals surface area (Å²) in [6.45, 7) is 3.67. The van der Waals surface area contributed by atoms with Crippen LogP contribution in [-0.4, -0.2) is 42.1 Å². The van der Waals surface area contributed by atoms with Crippen LogP contribution in [0.25, 0.3) is 0 Å². The largest absolute Gasteiger partial charge is 0.371 e. The Hall–Kier alpha value is -2.71. The molecule has 0 saturated carbocycles. The minimum absolute atomic E-state index is 0.0571. The van der Waals surface area contributed by atoms with Crippen LogP contribution >= 0.6 is 0 Å². The molecule has 2 fully saturated rings. The van der Waals surface area contributed by atoms with Gasteiger partial charge in [-0.2, -0.15) is 9.40 Å². The highest BCUT2D eigenvalue weighted by Gasteiger charge is 2.40. The third-order valence-electron chi connectivity index (χ3n) is 7.41. The lowest BCUT2D eigenvalue weighted by molar-refractivity contribution is 0.279. The number of nitrogens with zero attached hydrogens (tertiary/aromatic N) is 3. The Balaban J connectivity index is 1.30. The van der Waals surface area contributed by atoms with E-state index in [2.05, 4.69) is 15.1 Å². The van der Waals surface area contributed by atoms with Crippen molar-refractivity contribution in [2.75, 3.05) is 18.0 Å². The third kappa shape index (κ3) is 4.49. The molecule has 1 unspecified atom stereocenters. The van der Waals surface area contributed by atoms with Gasteiger partial charge in [-0.15, -0.1) is 0 Å². The summed E-state index contributed by atoms with van der Waals surface area (Å²) in [7, 11) is -3.59. The summed E-state index contributed by atoms with van der Waals surface area (Å²) in [6, 6.07) is 14.4. The molecule has 180 valence electrons. The molecule has 2 atom stereocenters. The van der Waals surface area contributed by atoms with Crippen molar-refractivity contribution in [3.63, 3.8) is 0 Å². The number of sulfonamides is 1. The molecular formula is C26H31FN4O2S. The van der Waals surface area contributed by atoms with Crippen molar-refractivity contribution < 1.29 is 12.8 Å². The Kier molecular flexibility index (Phi) is 6.44. The first-order valence-electron chi connectivity index (χ1n) is 12.0. The molecule has 0 amide bonds. The number of benzene rings is 2. The lowest BCUT2D eigenvalue weighted by Crippen LogP contribution is -2.44. The Morgan fingerprint density at radius 3 is 2.47 bits per heavy atom. The van der Waals surface area contributed by atoms with Crippen molar-refractivity contribution in [2.24, 2.45) is 0 Å². The molecule has 1 N–H and O–H groups in total. The van der Waals surface area contributed by atoms with Gasteiger partial charge >= 0.3 is 0 Å². The number of H-pyrrole nitrogens is 1. The van der Waals surface area contributed by atoms with Gasteiger partial charge in [-0.1, -0.05) is 36.4 Å². The van der Waals surface area contributed by atoms with E-state index in [1.54, 1.807) is 12.1 Å². The molecule has 2 aliphatic rings. The summed E-state index contributed by atoms with van der Waals surface area (Å²) in [6.07, 6.45) is 7.16. The van der Waals surface area contributed by atoms with Gasteiger partial charge in [0.2, 0.25) is 10.0 Å². The number of anilines is 1. The molecule has 3 aromatic rings. The Morgan fingerprint density at radius 1 is 1.03 bits per heavy atom. The predicted octanol–water partition coefficient (Wildman–Crippen LogP) is 4.99. The van der Waals surface area contributed by atoms with Crippen LogP contribution in [0, 0.1) is 5.82 Å². The summed E-state index contributed by atoms with van der Waals surface area (Å²) < 4.78 is 43.6. The summed E-state index contributed by atoms with van der Waals surface area (Å²) >= 11 is 0. The van der Waals surface area contributed by atoms with Gasteiger partial charge in [0.15, 0.2) is 0 Å². The molecule has 2 aromatic carbocycles. The van der Waals surface area contributed by atoms with E-state index >= 15 is 4.39 Å². The van der Waals surface area contributed by atoms with Gasteiger partial charge in [0.05, 0.1) is 6.20 Å². The fraction of sp³-hybridized carbons (Fsp3) is 0.423. The predicted molar refractivity (Wildman–Crippen MR) is 132 cm³/mol. The first-order chi connectivity index (χ1) is 16.4. The van der Waals surface area contributed by atoms with Crippen LogP contribution < -0.4 is 4.90 Å². The average molecular weight is 483 g/mol. The Labute approximate surface area is 200 Å². The van der Waals surface area contributed by atoms with Crippen molar-refractivity contribution >= 4 is 15.7 Å². The lowest BCUT2D eigenvalue weighted by Gasteiger charge is -2.37. The number of hydrogen-bond donors (Lipinski definition) is 1. The summed E-state index contributed by atoms with van der Waals surface area (Å²) in [5, 5.41) is 6.34. The monoisotopic (exact) mass is 482 g/mol.